The van der Waals surface area contributed by atoms with E-state index in [1.165, 1.54) is 16.7 Å². The fourth-order valence-electron chi connectivity index (χ4n) is 2.44. The Hall–Kier alpha value is -1.67. The Morgan fingerprint density at radius 2 is 1.95 bits per heavy atom. The molecule has 2 heteroatoms. The summed E-state index contributed by atoms with van der Waals surface area (Å²) < 4.78 is 0. The van der Waals surface area contributed by atoms with Crippen molar-refractivity contribution in [2.24, 2.45) is 0 Å². The number of benzene rings is 1. The lowest BCUT2D eigenvalue weighted by Gasteiger charge is -2.20. The van der Waals surface area contributed by atoms with Crippen LogP contribution in [-0.4, -0.2) is 11.5 Å². The van der Waals surface area contributed by atoms with E-state index in [0.29, 0.717) is 6.04 Å². The van der Waals surface area contributed by atoms with Crippen LogP contribution in [0.5, 0.6) is 0 Å². The summed E-state index contributed by atoms with van der Waals surface area (Å²) in [6.07, 6.45) is 6.04. The Morgan fingerprint density at radius 1 is 1.16 bits per heavy atom. The first-order chi connectivity index (χ1) is 9.31. The van der Waals surface area contributed by atoms with Crippen LogP contribution in [0, 0.1) is 6.92 Å². The van der Waals surface area contributed by atoms with Crippen molar-refractivity contribution in [3.05, 3.63) is 65.5 Å². The van der Waals surface area contributed by atoms with Crippen LogP contribution in [0.3, 0.4) is 0 Å². The number of hydrogen-bond acceptors (Lipinski definition) is 2. The summed E-state index contributed by atoms with van der Waals surface area (Å²) in [4.78, 5) is 4.18. The summed E-state index contributed by atoms with van der Waals surface area (Å²) in [6.45, 7) is 5.28. The van der Waals surface area contributed by atoms with Gasteiger partial charge in [-0.15, -0.1) is 0 Å². The van der Waals surface area contributed by atoms with Crippen molar-refractivity contribution in [3.8, 4) is 0 Å². The highest BCUT2D eigenvalue weighted by Crippen LogP contribution is 2.21. The predicted octanol–water partition coefficient (Wildman–Crippen LogP) is 3.67. The van der Waals surface area contributed by atoms with E-state index in [1.807, 2.05) is 12.4 Å². The van der Waals surface area contributed by atoms with E-state index < -0.39 is 0 Å². The molecule has 0 aliphatic rings. The molecular weight excluding hydrogens is 232 g/mol. The second-order valence-corrected chi connectivity index (χ2v) is 4.87. The van der Waals surface area contributed by atoms with Crippen LogP contribution in [0.25, 0.3) is 0 Å². The van der Waals surface area contributed by atoms with E-state index in [0.717, 1.165) is 19.4 Å². The van der Waals surface area contributed by atoms with Gasteiger partial charge in [0.1, 0.15) is 0 Å². The van der Waals surface area contributed by atoms with E-state index >= 15 is 0 Å². The molecule has 2 aromatic rings. The lowest BCUT2D eigenvalue weighted by molar-refractivity contribution is 0.513. The van der Waals surface area contributed by atoms with Crippen LogP contribution in [0.2, 0.25) is 0 Å². The van der Waals surface area contributed by atoms with Crippen LogP contribution < -0.4 is 5.32 Å². The van der Waals surface area contributed by atoms with Gasteiger partial charge >= 0.3 is 0 Å². The van der Waals surface area contributed by atoms with Gasteiger partial charge in [0.15, 0.2) is 0 Å². The van der Waals surface area contributed by atoms with Gasteiger partial charge < -0.3 is 5.32 Å². The molecule has 2 rings (SSSR count). The Bertz CT molecular complexity index is 494. The molecule has 1 unspecified atom stereocenters. The van der Waals surface area contributed by atoms with Gasteiger partial charge in [-0.3, -0.25) is 4.98 Å². The Labute approximate surface area is 115 Å². The van der Waals surface area contributed by atoms with Crippen LogP contribution in [0.4, 0.5) is 0 Å². The van der Waals surface area contributed by atoms with Gasteiger partial charge in [0.25, 0.3) is 0 Å². The number of rotatable bonds is 6. The molecule has 1 heterocycles. The number of nitrogens with one attached hydrogen (secondary N) is 1. The minimum Gasteiger partial charge on any atom is -0.310 e. The summed E-state index contributed by atoms with van der Waals surface area (Å²) >= 11 is 0. The van der Waals surface area contributed by atoms with Gasteiger partial charge in [-0.05, 0) is 49.1 Å². The quantitative estimate of drug-likeness (QED) is 0.850. The zero-order valence-electron chi connectivity index (χ0n) is 11.8. The first kappa shape index (κ1) is 13.8. The predicted molar refractivity (Wildman–Crippen MR) is 80.2 cm³/mol. The summed E-state index contributed by atoms with van der Waals surface area (Å²) in [5.41, 5.74) is 4.03. The summed E-state index contributed by atoms with van der Waals surface area (Å²) in [6, 6.07) is 13.2. The molecule has 0 bridgehead atoms. The van der Waals surface area contributed by atoms with Gasteiger partial charge in [0.05, 0.1) is 0 Å². The molecule has 0 aliphatic carbocycles. The SMILES string of the molecule is CCNC(CCc1ccccc1)c1ccncc1C. The van der Waals surface area contributed by atoms with Crippen molar-refractivity contribution in [2.75, 3.05) is 6.54 Å². The van der Waals surface area contributed by atoms with Gasteiger partial charge in [0.2, 0.25) is 0 Å². The van der Waals surface area contributed by atoms with E-state index in [1.54, 1.807) is 0 Å². The molecule has 1 atom stereocenters. The van der Waals surface area contributed by atoms with Crippen molar-refractivity contribution in [1.29, 1.82) is 0 Å². The molecule has 0 saturated heterocycles. The van der Waals surface area contributed by atoms with Crippen molar-refractivity contribution >= 4 is 0 Å². The highest BCUT2D eigenvalue weighted by Gasteiger charge is 2.12. The Kier molecular flexibility index (Phi) is 5.10. The normalized spacial score (nSPS) is 12.3. The minimum atomic E-state index is 0.410. The summed E-state index contributed by atoms with van der Waals surface area (Å²) in [5.74, 6) is 0. The third-order valence-electron chi connectivity index (χ3n) is 3.45. The van der Waals surface area contributed by atoms with Crippen LogP contribution in [0.1, 0.15) is 36.1 Å². The van der Waals surface area contributed by atoms with E-state index in [2.05, 4.69) is 60.5 Å². The third kappa shape index (κ3) is 3.90. The van der Waals surface area contributed by atoms with Crippen LogP contribution in [0.15, 0.2) is 48.8 Å². The highest BCUT2D eigenvalue weighted by molar-refractivity contribution is 5.26. The molecule has 0 radical (unpaired) electrons. The highest BCUT2D eigenvalue weighted by atomic mass is 14.9. The second kappa shape index (κ2) is 7.05. The molecule has 0 fully saturated rings. The number of aromatic nitrogens is 1. The summed E-state index contributed by atoms with van der Waals surface area (Å²) in [7, 11) is 0. The Balaban J connectivity index is 2.07. The maximum Gasteiger partial charge on any atom is 0.0327 e. The molecular formula is C17H22N2. The summed E-state index contributed by atoms with van der Waals surface area (Å²) in [5, 5.41) is 3.58. The zero-order chi connectivity index (χ0) is 13.5. The zero-order valence-corrected chi connectivity index (χ0v) is 11.8. The van der Waals surface area contributed by atoms with Crippen molar-refractivity contribution in [3.63, 3.8) is 0 Å². The average molecular weight is 254 g/mol. The van der Waals surface area contributed by atoms with Gasteiger partial charge in [0, 0.05) is 18.4 Å². The molecule has 1 aromatic heterocycles. The largest absolute Gasteiger partial charge is 0.310 e. The number of pyridine rings is 1. The molecule has 0 saturated carbocycles. The fraction of sp³-hybridized carbons (Fsp3) is 0.353. The van der Waals surface area contributed by atoms with Crippen molar-refractivity contribution < 1.29 is 0 Å². The molecule has 19 heavy (non-hydrogen) atoms. The van der Waals surface area contributed by atoms with Crippen molar-refractivity contribution in [1.82, 2.24) is 10.3 Å². The minimum absolute atomic E-state index is 0.410. The Morgan fingerprint density at radius 3 is 2.63 bits per heavy atom. The van der Waals surface area contributed by atoms with Gasteiger partial charge in [-0.2, -0.15) is 0 Å². The average Bonchev–Trinajstić information content (AvgIpc) is 2.45. The first-order valence-corrected chi connectivity index (χ1v) is 6.99. The topological polar surface area (TPSA) is 24.9 Å². The fourth-order valence-corrected chi connectivity index (χ4v) is 2.44. The smallest absolute Gasteiger partial charge is 0.0327 e. The standard InChI is InChI=1S/C17H22N2/c1-3-19-17(16-11-12-18-13-14(16)2)10-9-15-7-5-4-6-8-15/h4-8,11-13,17,19H,3,9-10H2,1-2H3. The first-order valence-electron chi connectivity index (χ1n) is 6.99. The van der Waals surface area contributed by atoms with E-state index in [9.17, 15) is 0 Å². The lowest BCUT2D eigenvalue weighted by Crippen LogP contribution is -2.22. The molecule has 100 valence electrons. The van der Waals surface area contributed by atoms with Gasteiger partial charge in [-0.1, -0.05) is 37.3 Å². The number of hydrogen-bond donors (Lipinski definition) is 1. The number of nitrogens with zero attached hydrogens (tertiary/aromatic N) is 1. The molecule has 0 aliphatic heterocycles. The van der Waals surface area contributed by atoms with Crippen molar-refractivity contribution in [2.45, 2.75) is 32.7 Å². The van der Waals surface area contributed by atoms with E-state index in [4.69, 9.17) is 0 Å². The maximum atomic E-state index is 4.18. The molecule has 0 spiro atoms. The monoisotopic (exact) mass is 254 g/mol. The molecule has 1 N–H and O–H groups in total. The number of aryl methyl sites for hydroxylation is 2. The maximum absolute atomic E-state index is 4.18. The second-order valence-electron chi connectivity index (χ2n) is 4.87. The molecule has 2 nitrogen and oxygen atoms in total. The van der Waals surface area contributed by atoms with Gasteiger partial charge in [-0.25, -0.2) is 0 Å². The lowest BCUT2D eigenvalue weighted by atomic mass is 9.97. The molecule has 1 aromatic carbocycles. The van der Waals surface area contributed by atoms with Crippen LogP contribution in [-0.2, 0) is 6.42 Å². The van der Waals surface area contributed by atoms with E-state index in [-0.39, 0.29) is 0 Å². The van der Waals surface area contributed by atoms with Crippen LogP contribution >= 0.6 is 0 Å². The molecule has 0 amide bonds. The third-order valence-corrected chi connectivity index (χ3v) is 3.45.